The van der Waals surface area contributed by atoms with Crippen molar-refractivity contribution >= 4 is 16.8 Å². The van der Waals surface area contributed by atoms with Crippen LogP contribution in [0.4, 0.5) is 0 Å². The molecule has 0 atom stereocenters. The first-order valence-corrected chi connectivity index (χ1v) is 7.70. The van der Waals surface area contributed by atoms with E-state index in [0.29, 0.717) is 12.2 Å². The first-order valence-electron chi connectivity index (χ1n) is 7.70. The summed E-state index contributed by atoms with van der Waals surface area (Å²) in [6.07, 6.45) is 1.73. The number of pyridine rings is 1. The highest BCUT2D eigenvalue weighted by Gasteiger charge is 2.20. The van der Waals surface area contributed by atoms with Gasteiger partial charge in [-0.3, -0.25) is 9.78 Å². The molecule has 0 radical (unpaired) electrons. The van der Waals surface area contributed by atoms with Crippen molar-refractivity contribution in [2.45, 2.75) is 26.3 Å². The molecule has 0 saturated heterocycles. The van der Waals surface area contributed by atoms with Crippen molar-refractivity contribution in [2.75, 3.05) is 6.54 Å². The average Bonchev–Trinajstić information content (AvgIpc) is 2.93. The number of benzene rings is 1. The maximum absolute atomic E-state index is 12.3. The second kappa shape index (κ2) is 6.01. The van der Waals surface area contributed by atoms with Gasteiger partial charge in [0.25, 0.3) is 5.91 Å². The predicted molar refractivity (Wildman–Crippen MR) is 92.0 cm³/mol. The molecular weight excluding hydrogens is 304 g/mol. The lowest BCUT2D eigenvalue weighted by molar-refractivity contribution is 0.0940. The Morgan fingerprint density at radius 1 is 1.29 bits per heavy atom. The number of fused-ring (bicyclic) bond motifs is 1. The van der Waals surface area contributed by atoms with Gasteiger partial charge in [-0.2, -0.15) is 0 Å². The molecule has 0 fully saturated rings. The van der Waals surface area contributed by atoms with Gasteiger partial charge in [0.05, 0.1) is 16.9 Å². The third kappa shape index (κ3) is 3.11. The van der Waals surface area contributed by atoms with E-state index in [0.717, 1.165) is 16.6 Å². The molecule has 0 unspecified atom stereocenters. The number of nitrogens with two attached hydrogens (primary N) is 1. The molecule has 24 heavy (non-hydrogen) atoms. The van der Waals surface area contributed by atoms with Gasteiger partial charge in [-0.25, -0.2) is 4.68 Å². The summed E-state index contributed by atoms with van der Waals surface area (Å²) in [4.78, 5) is 16.7. The quantitative estimate of drug-likeness (QED) is 0.759. The van der Waals surface area contributed by atoms with Crippen molar-refractivity contribution in [1.82, 2.24) is 25.3 Å². The fourth-order valence-electron chi connectivity index (χ4n) is 2.42. The van der Waals surface area contributed by atoms with E-state index in [4.69, 9.17) is 5.73 Å². The number of amides is 1. The highest BCUT2D eigenvalue weighted by atomic mass is 16.2. The summed E-state index contributed by atoms with van der Waals surface area (Å²) in [5, 5.41) is 12.0. The Balaban J connectivity index is 1.96. The standard InChI is InChI=1S/C17H20N6O/c1-11-14(16(24)20-10-17(2,3)18)21-22-23(11)13-8-4-6-12-7-5-9-19-15(12)13/h4-9H,10,18H2,1-3H3,(H,20,24). The molecule has 7 heteroatoms. The van der Waals surface area contributed by atoms with Crippen LogP contribution < -0.4 is 11.1 Å². The monoisotopic (exact) mass is 324 g/mol. The second-order valence-corrected chi connectivity index (χ2v) is 6.46. The van der Waals surface area contributed by atoms with E-state index in [2.05, 4.69) is 20.6 Å². The number of nitrogens with one attached hydrogen (secondary N) is 1. The Morgan fingerprint density at radius 2 is 2.04 bits per heavy atom. The van der Waals surface area contributed by atoms with Crippen LogP contribution in [0.5, 0.6) is 0 Å². The number of hydrogen-bond acceptors (Lipinski definition) is 5. The third-order valence-corrected chi connectivity index (χ3v) is 3.65. The van der Waals surface area contributed by atoms with E-state index in [9.17, 15) is 4.79 Å². The third-order valence-electron chi connectivity index (χ3n) is 3.65. The van der Waals surface area contributed by atoms with Crippen LogP contribution in [0.1, 0.15) is 30.0 Å². The van der Waals surface area contributed by atoms with Crippen molar-refractivity contribution in [3.8, 4) is 5.69 Å². The Labute approximate surface area is 139 Å². The number of rotatable bonds is 4. The minimum Gasteiger partial charge on any atom is -0.349 e. The summed E-state index contributed by atoms with van der Waals surface area (Å²) >= 11 is 0. The molecular formula is C17H20N6O. The highest BCUT2D eigenvalue weighted by molar-refractivity contribution is 5.93. The van der Waals surface area contributed by atoms with Crippen LogP contribution in [0.3, 0.4) is 0 Å². The molecule has 0 aliphatic heterocycles. The van der Waals surface area contributed by atoms with Gasteiger partial charge >= 0.3 is 0 Å². The van der Waals surface area contributed by atoms with Crippen LogP contribution in [0.25, 0.3) is 16.6 Å². The summed E-state index contributed by atoms with van der Waals surface area (Å²) in [6, 6.07) is 9.68. The van der Waals surface area contributed by atoms with Crippen LogP contribution in [-0.2, 0) is 0 Å². The van der Waals surface area contributed by atoms with E-state index in [-0.39, 0.29) is 11.6 Å². The Kier molecular flexibility index (Phi) is 4.02. The first kappa shape index (κ1) is 16.1. The molecule has 3 aromatic rings. The van der Waals surface area contributed by atoms with E-state index >= 15 is 0 Å². The molecule has 124 valence electrons. The highest BCUT2D eigenvalue weighted by Crippen LogP contribution is 2.21. The van der Waals surface area contributed by atoms with Gasteiger partial charge in [0.1, 0.15) is 0 Å². The van der Waals surface area contributed by atoms with Crippen LogP contribution in [0.15, 0.2) is 36.5 Å². The number of hydrogen-bond donors (Lipinski definition) is 2. The molecule has 7 nitrogen and oxygen atoms in total. The van der Waals surface area contributed by atoms with E-state index in [1.807, 2.05) is 51.1 Å². The number of nitrogens with zero attached hydrogens (tertiary/aromatic N) is 4. The van der Waals surface area contributed by atoms with Crippen molar-refractivity contribution in [1.29, 1.82) is 0 Å². The number of aromatic nitrogens is 4. The number of carbonyl (C=O) groups excluding carboxylic acids is 1. The summed E-state index contributed by atoms with van der Waals surface area (Å²) in [5.41, 5.74) is 7.94. The van der Waals surface area contributed by atoms with Gasteiger partial charge < -0.3 is 11.1 Å². The number of para-hydroxylation sites is 1. The van der Waals surface area contributed by atoms with Gasteiger partial charge in [0, 0.05) is 23.7 Å². The summed E-state index contributed by atoms with van der Waals surface area (Å²) in [7, 11) is 0. The molecule has 3 N–H and O–H groups in total. The van der Waals surface area contributed by atoms with Crippen LogP contribution in [0, 0.1) is 6.92 Å². The minimum absolute atomic E-state index is 0.284. The zero-order chi connectivity index (χ0) is 17.3. The first-order chi connectivity index (χ1) is 11.4. The molecule has 1 amide bonds. The summed E-state index contributed by atoms with van der Waals surface area (Å²) < 4.78 is 1.64. The van der Waals surface area contributed by atoms with Crippen LogP contribution in [-0.4, -0.2) is 38.0 Å². The molecule has 0 bridgehead atoms. The second-order valence-electron chi connectivity index (χ2n) is 6.46. The smallest absolute Gasteiger partial charge is 0.273 e. The summed E-state index contributed by atoms with van der Waals surface area (Å²) in [6.45, 7) is 5.86. The molecule has 3 rings (SSSR count). The maximum Gasteiger partial charge on any atom is 0.273 e. The van der Waals surface area contributed by atoms with Gasteiger partial charge in [0.15, 0.2) is 5.69 Å². The Bertz CT molecular complexity index is 888. The molecule has 0 spiro atoms. The SMILES string of the molecule is Cc1c(C(=O)NCC(C)(C)N)nnn1-c1cccc2cccnc12. The van der Waals surface area contributed by atoms with Crippen molar-refractivity contribution in [3.63, 3.8) is 0 Å². The minimum atomic E-state index is -0.487. The molecule has 0 aliphatic rings. The van der Waals surface area contributed by atoms with Crippen molar-refractivity contribution in [3.05, 3.63) is 47.9 Å². The Morgan fingerprint density at radius 3 is 2.79 bits per heavy atom. The van der Waals surface area contributed by atoms with Crippen molar-refractivity contribution in [2.24, 2.45) is 5.73 Å². The normalized spacial score (nSPS) is 11.7. The molecule has 0 aliphatic carbocycles. The lowest BCUT2D eigenvalue weighted by atomic mass is 10.1. The summed E-state index contributed by atoms with van der Waals surface area (Å²) in [5.74, 6) is -0.287. The van der Waals surface area contributed by atoms with E-state index in [1.54, 1.807) is 10.9 Å². The fourth-order valence-corrected chi connectivity index (χ4v) is 2.42. The van der Waals surface area contributed by atoms with E-state index < -0.39 is 5.54 Å². The molecule has 2 heterocycles. The van der Waals surface area contributed by atoms with E-state index in [1.165, 1.54) is 0 Å². The lowest BCUT2D eigenvalue weighted by Gasteiger charge is -2.18. The fraction of sp³-hybridized carbons (Fsp3) is 0.294. The van der Waals surface area contributed by atoms with Crippen LogP contribution in [0.2, 0.25) is 0 Å². The average molecular weight is 324 g/mol. The Hall–Kier alpha value is -2.80. The van der Waals surface area contributed by atoms with Gasteiger partial charge in [0.2, 0.25) is 0 Å². The van der Waals surface area contributed by atoms with Gasteiger partial charge in [-0.15, -0.1) is 5.10 Å². The molecule has 2 aromatic heterocycles. The molecule has 1 aromatic carbocycles. The largest absolute Gasteiger partial charge is 0.349 e. The zero-order valence-electron chi connectivity index (χ0n) is 13.9. The van der Waals surface area contributed by atoms with Crippen LogP contribution >= 0.6 is 0 Å². The maximum atomic E-state index is 12.3. The van der Waals surface area contributed by atoms with Gasteiger partial charge in [-0.1, -0.05) is 23.4 Å². The number of carbonyl (C=O) groups is 1. The molecule has 0 saturated carbocycles. The zero-order valence-corrected chi connectivity index (χ0v) is 13.9. The predicted octanol–water partition coefficient (Wildman–Crippen LogP) is 1.59. The topological polar surface area (TPSA) is 98.7 Å². The van der Waals surface area contributed by atoms with Crippen molar-refractivity contribution < 1.29 is 4.79 Å². The van der Waals surface area contributed by atoms with Gasteiger partial charge in [-0.05, 0) is 32.9 Å². The lowest BCUT2D eigenvalue weighted by Crippen LogP contribution is -2.45.